The average molecular weight is 241 g/mol. The fourth-order valence-corrected chi connectivity index (χ4v) is 2.94. The van der Waals surface area contributed by atoms with Crippen LogP contribution in [0.25, 0.3) is 0 Å². The third kappa shape index (κ3) is 3.18. The quantitative estimate of drug-likeness (QED) is 0.747. The second-order valence-corrected chi connectivity index (χ2v) is 5.80. The fourth-order valence-electron chi connectivity index (χ4n) is 1.67. The summed E-state index contributed by atoms with van der Waals surface area (Å²) in [4.78, 5) is 3.95. The van der Waals surface area contributed by atoms with Gasteiger partial charge in [-0.25, -0.2) is 13.4 Å². The van der Waals surface area contributed by atoms with Gasteiger partial charge in [-0.1, -0.05) is 6.08 Å². The molecular formula is C10H15N3O2S. The zero-order valence-electron chi connectivity index (χ0n) is 8.91. The molecule has 0 radical (unpaired) electrons. The summed E-state index contributed by atoms with van der Waals surface area (Å²) >= 11 is 0. The van der Waals surface area contributed by atoms with Gasteiger partial charge in [-0.05, 0) is 13.0 Å². The summed E-state index contributed by atoms with van der Waals surface area (Å²) in [5.74, 6) is 0.193. The molecule has 2 rings (SSSR count). The summed E-state index contributed by atoms with van der Waals surface area (Å²) in [5.41, 5.74) is 0. The van der Waals surface area contributed by atoms with Crippen LogP contribution in [0.15, 0.2) is 30.2 Å². The minimum atomic E-state index is -2.93. The topological polar surface area (TPSA) is 64.0 Å². The van der Waals surface area contributed by atoms with Crippen LogP contribution in [0.2, 0.25) is 0 Å². The Morgan fingerprint density at radius 2 is 2.38 bits per heavy atom. The van der Waals surface area contributed by atoms with E-state index in [0.717, 1.165) is 19.5 Å². The van der Waals surface area contributed by atoms with Crippen molar-refractivity contribution >= 4 is 9.84 Å². The van der Waals surface area contributed by atoms with Crippen molar-refractivity contribution in [3.05, 3.63) is 30.2 Å². The highest BCUT2D eigenvalue weighted by Crippen LogP contribution is 2.07. The highest BCUT2D eigenvalue weighted by molar-refractivity contribution is 7.94. The Balaban J connectivity index is 1.65. The number of hydrogen-bond donors (Lipinski definition) is 1. The molecule has 0 bridgehead atoms. The molecule has 1 unspecified atom stereocenters. The minimum absolute atomic E-state index is 0.0206. The van der Waals surface area contributed by atoms with Crippen LogP contribution in [0, 0.1) is 0 Å². The summed E-state index contributed by atoms with van der Waals surface area (Å²) in [5, 5.41) is 4.49. The molecule has 2 heterocycles. The zero-order chi connectivity index (χ0) is 11.4. The van der Waals surface area contributed by atoms with Gasteiger partial charge < -0.3 is 9.88 Å². The summed E-state index contributed by atoms with van der Waals surface area (Å²) in [6.07, 6.45) is 8.12. The highest BCUT2D eigenvalue weighted by atomic mass is 32.2. The largest absolute Gasteiger partial charge is 0.337 e. The van der Waals surface area contributed by atoms with E-state index in [1.807, 2.05) is 10.8 Å². The number of aromatic nitrogens is 2. The van der Waals surface area contributed by atoms with E-state index in [-0.39, 0.29) is 11.8 Å². The second-order valence-electron chi connectivity index (χ2n) is 3.87. The van der Waals surface area contributed by atoms with Crippen LogP contribution in [-0.4, -0.2) is 36.3 Å². The summed E-state index contributed by atoms with van der Waals surface area (Å²) < 4.78 is 24.2. The first-order chi connectivity index (χ1) is 7.66. The molecule has 88 valence electrons. The van der Waals surface area contributed by atoms with Crippen molar-refractivity contribution in [1.29, 1.82) is 0 Å². The molecule has 0 spiro atoms. The standard InChI is InChI=1S/C10H15N3O2S/c14-16(15)7-2-10(8-16)12-3-1-5-13-6-4-11-9-13/h2,4,6-7,9-10,12H,1,3,5,8H2. The molecule has 1 aromatic heterocycles. The number of hydrogen-bond acceptors (Lipinski definition) is 4. The van der Waals surface area contributed by atoms with Crippen molar-refractivity contribution in [3.63, 3.8) is 0 Å². The molecule has 1 N–H and O–H groups in total. The van der Waals surface area contributed by atoms with Crippen LogP contribution in [-0.2, 0) is 16.4 Å². The Morgan fingerprint density at radius 3 is 3.00 bits per heavy atom. The number of nitrogens with one attached hydrogen (secondary N) is 1. The van der Waals surface area contributed by atoms with Crippen molar-refractivity contribution in [3.8, 4) is 0 Å². The van der Waals surface area contributed by atoms with E-state index in [1.165, 1.54) is 5.41 Å². The van der Waals surface area contributed by atoms with Gasteiger partial charge in [0, 0.05) is 30.4 Å². The Kier molecular flexibility index (Phi) is 3.40. The van der Waals surface area contributed by atoms with E-state index < -0.39 is 9.84 Å². The molecule has 0 saturated heterocycles. The molecule has 0 fully saturated rings. The van der Waals surface area contributed by atoms with Crippen LogP contribution in [0.1, 0.15) is 6.42 Å². The van der Waals surface area contributed by atoms with Gasteiger partial charge in [0.2, 0.25) is 0 Å². The van der Waals surface area contributed by atoms with Crippen LogP contribution >= 0.6 is 0 Å². The van der Waals surface area contributed by atoms with Crippen molar-refractivity contribution < 1.29 is 8.42 Å². The van der Waals surface area contributed by atoms with Gasteiger partial charge in [0.05, 0.1) is 12.1 Å². The highest BCUT2D eigenvalue weighted by Gasteiger charge is 2.20. The molecule has 1 aliphatic heterocycles. The summed E-state index contributed by atoms with van der Waals surface area (Å²) in [6.45, 7) is 1.71. The first kappa shape index (κ1) is 11.3. The average Bonchev–Trinajstić information content (AvgIpc) is 2.82. The zero-order valence-corrected chi connectivity index (χ0v) is 9.73. The lowest BCUT2D eigenvalue weighted by atomic mass is 10.3. The molecule has 16 heavy (non-hydrogen) atoms. The van der Waals surface area contributed by atoms with E-state index in [4.69, 9.17) is 0 Å². The molecule has 1 aromatic rings. The third-order valence-corrected chi connectivity index (χ3v) is 3.88. The van der Waals surface area contributed by atoms with Crippen LogP contribution in [0.5, 0.6) is 0 Å². The van der Waals surface area contributed by atoms with Crippen molar-refractivity contribution in [2.24, 2.45) is 0 Å². The molecule has 6 heteroatoms. The summed E-state index contributed by atoms with van der Waals surface area (Å²) in [7, 11) is -2.93. The number of rotatable bonds is 5. The Bertz CT molecular complexity index is 450. The lowest BCUT2D eigenvalue weighted by Crippen LogP contribution is -2.31. The van der Waals surface area contributed by atoms with Crippen LogP contribution < -0.4 is 5.32 Å². The van der Waals surface area contributed by atoms with Gasteiger partial charge in [0.1, 0.15) is 0 Å². The molecule has 0 amide bonds. The van der Waals surface area contributed by atoms with Crippen molar-refractivity contribution in [2.75, 3.05) is 12.3 Å². The van der Waals surface area contributed by atoms with Gasteiger partial charge in [0.15, 0.2) is 9.84 Å². The van der Waals surface area contributed by atoms with E-state index >= 15 is 0 Å². The predicted octanol–water partition coefficient (Wildman–Crippen LogP) is 0.173. The van der Waals surface area contributed by atoms with Gasteiger partial charge >= 0.3 is 0 Å². The molecule has 0 aromatic carbocycles. The van der Waals surface area contributed by atoms with Crippen molar-refractivity contribution in [2.45, 2.75) is 19.0 Å². The molecule has 0 saturated carbocycles. The molecule has 0 aliphatic carbocycles. The fraction of sp³-hybridized carbons (Fsp3) is 0.500. The Hall–Kier alpha value is -1.14. The lowest BCUT2D eigenvalue weighted by molar-refractivity contribution is 0.554. The maximum Gasteiger partial charge on any atom is 0.173 e. The maximum atomic E-state index is 11.1. The smallest absolute Gasteiger partial charge is 0.173 e. The van der Waals surface area contributed by atoms with E-state index in [0.29, 0.717) is 0 Å². The van der Waals surface area contributed by atoms with E-state index in [1.54, 1.807) is 18.6 Å². The first-order valence-electron chi connectivity index (χ1n) is 5.26. The molecular weight excluding hydrogens is 226 g/mol. The number of sulfone groups is 1. The van der Waals surface area contributed by atoms with Gasteiger partial charge in [0.25, 0.3) is 0 Å². The van der Waals surface area contributed by atoms with Crippen LogP contribution in [0.4, 0.5) is 0 Å². The molecule has 5 nitrogen and oxygen atoms in total. The molecule has 1 aliphatic rings. The third-order valence-electron chi connectivity index (χ3n) is 2.49. The normalized spacial score (nSPS) is 22.6. The van der Waals surface area contributed by atoms with Gasteiger partial charge in [-0.3, -0.25) is 0 Å². The SMILES string of the molecule is O=S1(=O)C=CC(NCCCn2ccnc2)C1. The summed E-state index contributed by atoms with van der Waals surface area (Å²) in [6, 6.07) is -0.0206. The number of imidazole rings is 1. The number of nitrogens with zero attached hydrogens (tertiary/aromatic N) is 2. The Labute approximate surface area is 95.1 Å². The minimum Gasteiger partial charge on any atom is -0.337 e. The van der Waals surface area contributed by atoms with E-state index in [2.05, 4.69) is 10.3 Å². The number of aryl methyl sites for hydroxylation is 1. The second kappa shape index (κ2) is 4.80. The molecule has 1 atom stereocenters. The van der Waals surface area contributed by atoms with Gasteiger partial charge in [-0.2, -0.15) is 0 Å². The first-order valence-corrected chi connectivity index (χ1v) is 6.97. The lowest BCUT2D eigenvalue weighted by Gasteiger charge is -2.09. The Morgan fingerprint density at radius 1 is 1.50 bits per heavy atom. The van der Waals surface area contributed by atoms with Crippen LogP contribution in [0.3, 0.4) is 0 Å². The maximum absolute atomic E-state index is 11.1. The monoisotopic (exact) mass is 241 g/mol. The van der Waals surface area contributed by atoms with E-state index in [9.17, 15) is 8.42 Å². The predicted molar refractivity (Wildman–Crippen MR) is 61.6 cm³/mol. The van der Waals surface area contributed by atoms with Crippen molar-refractivity contribution in [1.82, 2.24) is 14.9 Å². The van der Waals surface area contributed by atoms with Gasteiger partial charge in [-0.15, -0.1) is 0 Å².